The van der Waals surface area contributed by atoms with E-state index in [9.17, 15) is 4.79 Å². The van der Waals surface area contributed by atoms with E-state index in [-0.39, 0.29) is 5.91 Å². The van der Waals surface area contributed by atoms with Gasteiger partial charge in [-0.2, -0.15) is 5.10 Å². The third-order valence-corrected chi connectivity index (χ3v) is 6.72. The van der Waals surface area contributed by atoms with Gasteiger partial charge in [0.25, 0.3) is 5.91 Å². The molecule has 0 radical (unpaired) electrons. The van der Waals surface area contributed by atoms with Crippen molar-refractivity contribution >= 4 is 55.6 Å². The number of thiazole rings is 1. The van der Waals surface area contributed by atoms with E-state index in [4.69, 9.17) is 16.6 Å². The lowest BCUT2D eigenvalue weighted by Gasteiger charge is -2.36. The normalized spacial score (nSPS) is 14.9. The minimum atomic E-state index is 0.0805. The maximum Gasteiger partial charge on any atom is 0.253 e. The number of anilines is 2. The number of hydrazone groups is 1. The molecule has 0 bridgehead atoms. The molecule has 0 atom stereocenters. The summed E-state index contributed by atoms with van der Waals surface area (Å²) in [6.45, 7) is 8.78. The summed E-state index contributed by atoms with van der Waals surface area (Å²) in [6.07, 6.45) is 0.889. The largest absolute Gasteiger partial charge is 0.365 e. The Kier molecular flexibility index (Phi) is 6.43. The molecule has 0 spiro atoms. The van der Waals surface area contributed by atoms with Gasteiger partial charge in [-0.05, 0) is 44.5 Å². The average Bonchev–Trinajstić information content (AvgIpc) is 3.20. The number of fused-ring (bicyclic) bond motifs is 1. The standard InChI is InChI=1S/C23H26ClN5OS/c1-4-16(3)26-27-23-25-20-19(31-23)9-8-18(24)21(20)28-10-12-29(13-11-28)22(30)17-7-5-6-15(2)14-17/h5-9,14H,4,10-13H2,1-3H3,(H,25,27)/b26-16-. The predicted molar refractivity (Wildman–Crippen MR) is 131 cm³/mol. The van der Waals surface area contributed by atoms with Crippen molar-refractivity contribution in [3.8, 4) is 0 Å². The fraction of sp³-hybridized carbons (Fsp3) is 0.348. The summed E-state index contributed by atoms with van der Waals surface area (Å²) >= 11 is 8.16. The third-order valence-electron chi connectivity index (χ3n) is 5.49. The van der Waals surface area contributed by atoms with Gasteiger partial charge >= 0.3 is 0 Å². The van der Waals surface area contributed by atoms with Crippen LogP contribution in [0.4, 0.5) is 10.8 Å². The van der Waals surface area contributed by atoms with Gasteiger partial charge < -0.3 is 9.80 Å². The van der Waals surface area contributed by atoms with Crippen LogP contribution in [0.2, 0.25) is 5.02 Å². The van der Waals surface area contributed by atoms with Crippen molar-refractivity contribution in [1.82, 2.24) is 9.88 Å². The molecule has 1 aromatic heterocycles. The minimum Gasteiger partial charge on any atom is -0.365 e. The van der Waals surface area contributed by atoms with Crippen LogP contribution >= 0.6 is 22.9 Å². The highest BCUT2D eigenvalue weighted by Gasteiger charge is 2.25. The summed E-state index contributed by atoms with van der Waals surface area (Å²) in [7, 11) is 0. The van der Waals surface area contributed by atoms with Crippen molar-refractivity contribution in [3.05, 3.63) is 52.5 Å². The molecule has 1 saturated heterocycles. The van der Waals surface area contributed by atoms with Gasteiger partial charge in [-0.25, -0.2) is 4.98 Å². The molecule has 4 rings (SSSR count). The Morgan fingerprint density at radius 1 is 1.23 bits per heavy atom. The number of nitrogens with one attached hydrogen (secondary N) is 1. The lowest BCUT2D eigenvalue weighted by atomic mass is 10.1. The molecule has 6 nitrogen and oxygen atoms in total. The van der Waals surface area contributed by atoms with E-state index in [1.165, 1.54) is 0 Å². The van der Waals surface area contributed by atoms with E-state index >= 15 is 0 Å². The Hall–Kier alpha value is -2.64. The fourth-order valence-electron chi connectivity index (χ4n) is 3.62. The van der Waals surface area contributed by atoms with Gasteiger partial charge in [0, 0.05) is 37.5 Å². The van der Waals surface area contributed by atoms with Crippen molar-refractivity contribution < 1.29 is 4.79 Å². The monoisotopic (exact) mass is 455 g/mol. The van der Waals surface area contributed by atoms with Gasteiger partial charge in [0.2, 0.25) is 5.13 Å². The second kappa shape index (κ2) is 9.24. The first-order valence-electron chi connectivity index (χ1n) is 10.5. The van der Waals surface area contributed by atoms with Gasteiger partial charge in [-0.1, -0.05) is 47.6 Å². The number of piperazine rings is 1. The second-order valence-corrected chi connectivity index (χ2v) is 9.16. The van der Waals surface area contributed by atoms with Crippen LogP contribution in [0.15, 0.2) is 41.5 Å². The van der Waals surface area contributed by atoms with Crippen molar-refractivity contribution in [2.45, 2.75) is 27.2 Å². The Labute approximate surface area is 191 Å². The fourth-order valence-corrected chi connectivity index (χ4v) is 4.70. The lowest BCUT2D eigenvalue weighted by Crippen LogP contribution is -2.49. The van der Waals surface area contributed by atoms with Crippen LogP contribution in [-0.4, -0.2) is 47.7 Å². The summed E-state index contributed by atoms with van der Waals surface area (Å²) in [5, 5.41) is 5.79. The molecule has 0 aliphatic carbocycles. The highest BCUT2D eigenvalue weighted by molar-refractivity contribution is 7.22. The Bertz CT molecular complexity index is 1130. The summed E-state index contributed by atoms with van der Waals surface area (Å²) in [4.78, 5) is 21.8. The quantitative estimate of drug-likeness (QED) is 0.412. The van der Waals surface area contributed by atoms with Gasteiger partial charge in [-0.3, -0.25) is 10.2 Å². The number of amides is 1. The van der Waals surface area contributed by atoms with Gasteiger partial charge in [0.15, 0.2) is 0 Å². The number of rotatable bonds is 5. The van der Waals surface area contributed by atoms with E-state index in [0.717, 1.165) is 44.3 Å². The van der Waals surface area contributed by atoms with Gasteiger partial charge in [0.1, 0.15) is 5.52 Å². The number of hydrogen-bond donors (Lipinski definition) is 1. The number of aryl methyl sites for hydroxylation is 1. The van der Waals surface area contributed by atoms with E-state index in [2.05, 4.69) is 22.4 Å². The molecule has 1 amide bonds. The van der Waals surface area contributed by atoms with Crippen LogP contribution in [0.25, 0.3) is 10.2 Å². The van der Waals surface area contributed by atoms with Gasteiger partial charge in [0.05, 0.1) is 15.4 Å². The molecular formula is C23H26ClN5OS. The maximum atomic E-state index is 12.9. The molecular weight excluding hydrogens is 430 g/mol. The summed E-state index contributed by atoms with van der Waals surface area (Å²) < 4.78 is 1.06. The topological polar surface area (TPSA) is 60.8 Å². The number of hydrogen-bond acceptors (Lipinski definition) is 6. The molecule has 2 aromatic carbocycles. The van der Waals surface area contributed by atoms with Crippen LogP contribution < -0.4 is 10.3 Å². The molecule has 31 heavy (non-hydrogen) atoms. The first-order chi connectivity index (χ1) is 15.0. The van der Waals surface area contributed by atoms with Crippen molar-refractivity contribution in [1.29, 1.82) is 0 Å². The zero-order valence-electron chi connectivity index (χ0n) is 18.0. The zero-order chi connectivity index (χ0) is 22.0. The molecule has 1 fully saturated rings. The van der Waals surface area contributed by atoms with Crippen LogP contribution in [0.1, 0.15) is 36.2 Å². The maximum absolute atomic E-state index is 12.9. The van der Waals surface area contributed by atoms with Crippen molar-refractivity contribution in [2.75, 3.05) is 36.5 Å². The Balaban J connectivity index is 1.52. The highest BCUT2D eigenvalue weighted by Crippen LogP contribution is 2.38. The SMILES string of the molecule is CC/C(C)=N\Nc1nc2c(N3CCN(C(=O)c4cccc(C)c4)CC3)c(Cl)ccc2s1. The number of benzene rings is 2. The molecule has 0 saturated carbocycles. The summed E-state index contributed by atoms with van der Waals surface area (Å²) in [5.74, 6) is 0.0805. The smallest absolute Gasteiger partial charge is 0.253 e. The number of nitrogens with zero attached hydrogens (tertiary/aromatic N) is 4. The highest BCUT2D eigenvalue weighted by atomic mass is 35.5. The molecule has 0 unspecified atom stereocenters. The van der Waals surface area contributed by atoms with Crippen LogP contribution in [-0.2, 0) is 0 Å². The van der Waals surface area contributed by atoms with E-state index in [0.29, 0.717) is 31.2 Å². The molecule has 3 aromatic rings. The van der Waals surface area contributed by atoms with E-state index < -0.39 is 0 Å². The van der Waals surface area contributed by atoms with Crippen LogP contribution in [0.5, 0.6) is 0 Å². The number of carbonyl (C=O) groups excluding carboxylic acids is 1. The van der Waals surface area contributed by atoms with Crippen LogP contribution in [0.3, 0.4) is 0 Å². The summed E-state index contributed by atoms with van der Waals surface area (Å²) in [6, 6.07) is 11.7. The zero-order valence-corrected chi connectivity index (χ0v) is 19.6. The molecule has 2 heterocycles. The average molecular weight is 456 g/mol. The Morgan fingerprint density at radius 3 is 2.71 bits per heavy atom. The first-order valence-corrected chi connectivity index (χ1v) is 11.6. The number of carbonyl (C=O) groups is 1. The molecule has 162 valence electrons. The first kappa shape index (κ1) is 21.6. The van der Waals surface area contributed by atoms with Gasteiger partial charge in [-0.15, -0.1) is 0 Å². The summed E-state index contributed by atoms with van der Waals surface area (Å²) in [5.41, 5.74) is 7.72. The molecule has 8 heteroatoms. The van der Waals surface area contributed by atoms with E-state index in [1.807, 2.05) is 55.1 Å². The number of aromatic nitrogens is 1. The molecule has 1 aliphatic rings. The predicted octanol–water partition coefficient (Wildman–Crippen LogP) is 5.42. The molecule has 1 N–H and O–H groups in total. The van der Waals surface area contributed by atoms with Crippen molar-refractivity contribution in [3.63, 3.8) is 0 Å². The lowest BCUT2D eigenvalue weighted by molar-refractivity contribution is 0.0747. The third kappa shape index (κ3) is 4.67. The molecule has 1 aliphatic heterocycles. The second-order valence-electron chi connectivity index (χ2n) is 7.72. The Morgan fingerprint density at radius 2 is 2.00 bits per heavy atom. The van der Waals surface area contributed by atoms with Crippen molar-refractivity contribution in [2.24, 2.45) is 5.10 Å². The minimum absolute atomic E-state index is 0.0805. The van der Waals surface area contributed by atoms with E-state index in [1.54, 1.807) is 11.3 Å². The number of halogens is 1. The van der Waals surface area contributed by atoms with Crippen LogP contribution in [0, 0.1) is 6.92 Å².